The van der Waals surface area contributed by atoms with Gasteiger partial charge in [0, 0.05) is 38.0 Å². The molecule has 0 saturated heterocycles. The molecule has 2 aliphatic rings. The number of guanidine groups is 1. The van der Waals surface area contributed by atoms with E-state index in [1.165, 1.54) is 19.3 Å². The quantitative estimate of drug-likeness (QED) is 0.653. The summed E-state index contributed by atoms with van der Waals surface area (Å²) in [7, 11) is 1.85. The van der Waals surface area contributed by atoms with Crippen molar-refractivity contribution >= 4 is 5.96 Å². The van der Waals surface area contributed by atoms with Crippen molar-refractivity contribution in [3.8, 4) is 0 Å². The van der Waals surface area contributed by atoms with E-state index in [0.29, 0.717) is 18.0 Å². The monoisotopic (exact) mass is 290 g/mol. The number of aliphatic imine (C=N–C) groups is 1. The zero-order chi connectivity index (χ0) is 14.8. The van der Waals surface area contributed by atoms with Crippen LogP contribution in [0.5, 0.6) is 0 Å². The molecule has 1 atom stereocenters. The van der Waals surface area contributed by atoms with E-state index >= 15 is 0 Å². The molecule has 1 unspecified atom stereocenters. The minimum Gasteiger partial charge on any atom is -0.354 e. The smallest absolute Gasteiger partial charge is 0.191 e. The van der Waals surface area contributed by atoms with Gasteiger partial charge in [-0.05, 0) is 25.7 Å². The molecule has 0 spiro atoms. The lowest BCUT2D eigenvalue weighted by Gasteiger charge is -2.31. The maximum absolute atomic E-state index is 4.36. The number of hydrogen-bond acceptors (Lipinski definition) is 3. The molecule has 6 nitrogen and oxygen atoms in total. The van der Waals surface area contributed by atoms with Crippen molar-refractivity contribution in [3.05, 3.63) is 11.6 Å². The molecule has 0 amide bonds. The van der Waals surface area contributed by atoms with Crippen molar-refractivity contribution in [1.29, 1.82) is 0 Å². The van der Waals surface area contributed by atoms with Crippen LogP contribution < -0.4 is 10.6 Å². The molecule has 2 heterocycles. The second kappa shape index (κ2) is 6.03. The van der Waals surface area contributed by atoms with Gasteiger partial charge in [0.25, 0.3) is 0 Å². The Morgan fingerprint density at radius 1 is 1.19 bits per heavy atom. The van der Waals surface area contributed by atoms with E-state index < -0.39 is 0 Å². The van der Waals surface area contributed by atoms with E-state index in [0.717, 1.165) is 37.0 Å². The summed E-state index contributed by atoms with van der Waals surface area (Å²) in [6.45, 7) is 5.28. The van der Waals surface area contributed by atoms with Crippen molar-refractivity contribution in [3.63, 3.8) is 0 Å². The van der Waals surface area contributed by atoms with Gasteiger partial charge in [-0.2, -0.15) is 0 Å². The molecule has 1 aliphatic carbocycles. The molecular formula is C15H26N6. The van der Waals surface area contributed by atoms with E-state index in [1.807, 2.05) is 7.05 Å². The fourth-order valence-electron chi connectivity index (χ4n) is 3.00. The first-order valence-electron chi connectivity index (χ1n) is 8.09. The van der Waals surface area contributed by atoms with Gasteiger partial charge in [0.2, 0.25) is 0 Å². The summed E-state index contributed by atoms with van der Waals surface area (Å²) >= 11 is 0. The summed E-state index contributed by atoms with van der Waals surface area (Å²) in [5.41, 5.74) is 0. The number of hydrogen-bond donors (Lipinski definition) is 2. The molecule has 1 fully saturated rings. The molecule has 6 heteroatoms. The van der Waals surface area contributed by atoms with Crippen LogP contribution in [-0.2, 0) is 13.0 Å². The van der Waals surface area contributed by atoms with Gasteiger partial charge in [-0.15, -0.1) is 10.2 Å². The zero-order valence-corrected chi connectivity index (χ0v) is 13.3. The van der Waals surface area contributed by atoms with Crippen molar-refractivity contribution in [2.45, 2.75) is 70.5 Å². The molecule has 0 radical (unpaired) electrons. The second-order valence-corrected chi connectivity index (χ2v) is 6.46. The number of nitrogens with zero attached hydrogens (tertiary/aromatic N) is 4. The van der Waals surface area contributed by atoms with Crippen molar-refractivity contribution in [2.75, 3.05) is 7.05 Å². The Morgan fingerprint density at radius 3 is 2.57 bits per heavy atom. The molecule has 0 bridgehead atoms. The molecule has 1 aliphatic heterocycles. The zero-order valence-electron chi connectivity index (χ0n) is 13.3. The Morgan fingerprint density at radius 2 is 1.95 bits per heavy atom. The summed E-state index contributed by atoms with van der Waals surface area (Å²) in [5.74, 6) is 3.57. The normalized spacial score (nSPS) is 22.9. The Balaban J connectivity index is 1.63. The number of aromatic nitrogens is 3. The highest BCUT2D eigenvalue weighted by Crippen LogP contribution is 2.20. The van der Waals surface area contributed by atoms with Gasteiger partial charge < -0.3 is 15.2 Å². The van der Waals surface area contributed by atoms with Gasteiger partial charge in [0.1, 0.15) is 11.6 Å². The fourth-order valence-corrected chi connectivity index (χ4v) is 3.00. The fraction of sp³-hybridized carbons (Fsp3) is 0.800. The summed E-state index contributed by atoms with van der Waals surface area (Å²) in [4.78, 5) is 4.36. The average Bonchev–Trinajstić information content (AvgIpc) is 2.84. The summed E-state index contributed by atoms with van der Waals surface area (Å²) in [6, 6.07) is 1.01. The van der Waals surface area contributed by atoms with Crippen LogP contribution in [0.15, 0.2) is 4.99 Å². The Bertz CT molecular complexity index is 514. The Kier molecular flexibility index (Phi) is 4.12. The SMILES string of the molecule is CN=C(NC1CCC1)NC1CCc2nnc(C(C)C)n2C1. The first kappa shape index (κ1) is 14.4. The molecule has 116 valence electrons. The molecular weight excluding hydrogens is 264 g/mol. The third kappa shape index (κ3) is 3.04. The third-order valence-electron chi connectivity index (χ3n) is 4.50. The van der Waals surface area contributed by atoms with Gasteiger partial charge in [0.05, 0.1) is 0 Å². The van der Waals surface area contributed by atoms with Crippen LogP contribution in [0.3, 0.4) is 0 Å². The van der Waals surface area contributed by atoms with Crippen LogP contribution in [0.1, 0.15) is 57.1 Å². The largest absolute Gasteiger partial charge is 0.354 e. The number of fused-ring (bicyclic) bond motifs is 1. The second-order valence-electron chi connectivity index (χ2n) is 6.46. The van der Waals surface area contributed by atoms with E-state index in [1.54, 1.807) is 0 Å². The highest BCUT2D eigenvalue weighted by atomic mass is 15.3. The van der Waals surface area contributed by atoms with Crippen LogP contribution in [0.25, 0.3) is 0 Å². The van der Waals surface area contributed by atoms with E-state index in [2.05, 4.69) is 44.2 Å². The van der Waals surface area contributed by atoms with Gasteiger partial charge >= 0.3 is 0 Å². The Labute approximate surface area is 126 Å². The van der Waals surface area contributed by atoms with Crippen molar-refractivity contribution < 1.29 is 0 Å². The maximum atomic E-state index is 4.36. The van der Waals surface area contributed by atoms with Crippen molar-refractivity contribution in [2.24, 2.45) is 4.99 Å². The number of aryl methyl sites for hydroxylation is 1. The molecule has 2 N–H and O–H groups in total. The standard InChI is InChI=1S/C15H26N6/c1-10(2)14-20-19-13-8-7-12(9-21(13)14)18-15(16-3)17-11-5-4-6-11/h10-12H,4-9H2,1-3H3,(H2,16,17,18). The first-order chi connectivity index (χ1) is 10.2. The van der Waals surface area contributed by atoms with Crippen LogP contribution in [0, 0.1) is 0 Å². The number of rotatable bonds is 3. The van der Waals surface area contributed by atoms with Crippen LogP contribution in [-0.4, -0.2) is 39.9 Å². The molecule has 0 aromatic carbocycles. The number of nitrogens with one attached hydrogen (secondary N) is 2. The van der Waals surface area contributed by atoms with Gasteiger partial charge in [-0.25, -0.2) is 0 Å². The lowest BCUT2D eigenvalue weighted by molar-refractivity contribution is 0.367. The maximum Gasteiger partial charge on any atom is 0.191 e. The van der Waals surface area contributed by atoms with E-state index in [9.17, 15) is 0 Å². The molecule has 1 saturated carbocycles. The molecule has 3 rings (SSSR count). The van der Waals surface area contributed by atoms with Crippen LogP contribution >= 0.6 is 0 Å². The summed E-state index contributed by atoms with van der Waals surface area (Å²) in [6.07, 6.45) is 5.93. The minimum atomic E-state index is 0.400. The predicted octanol–water partition coefficient (Wildman–Crippen LogP) is 1.43. The average molecular weight is 290 g/mol. The topological polar surface area (TPSA) is 67.1 Å². The first-order valence-corrected chi connectivity index (χ1v) is 8.09. The van der Waals surface area contributed by atoms with Crippen LogP contribution in [0.4, 0.5) is 0 Å². The summed E-state index contributed by atoms with van der Waals surface area (Å²) < 4.78 is 2.28. The highest BCUT2D eigenvalue weighted by molar-refractivity contribution is 5.80. The van der Waals surface area contributed by atoms with Crippen molar-refractivity contribution in [1.82, 2.24) is 25.4 Å². The predicted molar refractivity (Wildman–Crippen MR) is 83.5 cm³/mol. The van der Waals surface area contributed by atoms with E-state index in [-0.39, 0.29) is 0 Å². The lowest BCUT2D eigenvalue weighted by Crippen LogP contribution is -2.51. The Hall–Kier alpha value is -1.59. The van der Waals surface area contributed by atoms with E-state index in [4.69, 9.17) is 0 Å². The highest BCUT2D eigenvalue weighted by Gasteiger charge is 2.25. The summed E-state index contributed by atoms with van der Waals surface area (Å²) in [5, 5.41) is 15.7. The lowest BCUT2D eigenvalue weighted by atomic mass is 9.93. The third-order valence-corrected chi connectivity index (χ3v) is 4.50. The molecule has 1 aromatic rings. The molecule has 1 aromatic heterocycles. The minimum absolute atomic E-state index is 0.400. The van der Waals surface area contributed by atoms with Gasteiger partial charge in [-0.1, -0.05) is 13.8 Å². The van der Waals surface area contributed by atoms with Crippen LogP contribution in [0.2, 0.25) is 0 Å². The van der Waals surface area contributed by atoms with Gasteiger partial charge in [0.15, 0.2) is 5.96 Å². The van der Waals surface area contributed by atoms with Gasteiger partial charge in [-0.3, -0.25) is 4.99 Å². The molecule has 21 heavy (non-hydrogen) atoms.